The second-order valence-corrected chi connectivity index (χ2v) is 6.07. The number of carbonyl (C=O) groups is 1. The topological polar surface area (TPSA) is 41.5 Å². The van der Waals surface area contributed by atoms with Crippen molar-refractivity contribution in [3.05, 3.63) is 30.1 Å². The summed E-state index contributed by atoms with van der Waals surface area (Å²) in [4.78, 5) is 16.8. The minimum Gasteiger partial charge on any atom is -0.323 e. The Morgan fingerprint density at radius 3 is 2.95 bits per heavy atom. The Balaban J connectivity index is 2.07. The molecular weight excluding hydrogens is 275 g/mol. The molecule has 0 saturated carbocycles. The predicted molar refractivity (Wildman–Crippen MR) is 82.7 cm³/mol. The molecule has 0 aliphatic carbocycles. The molecule has 1 aliphatic heterocycles. The van der Waals surface area contributed by atoms with E-state index in [0.717, 1.165) is 17.2 Å². The molecule has 2 unspecified atom stereocenters. The number of aliphatic imine (C=N–C) groups is 1. The van der Waals surface area contributed by atoms with Gasteiger partial charge in [-0.1, -0.05) is 26.0 Å². The first-order valence-corrected chi connectivity index (χ1v) is 7.84. The molecule has 1 N–H and O–H groups in total. The summed E-state index contributed by atoms with van der Waals surface area (Å²) in [6, 6.07) is 6.22. The number of hydrogen-bond acceptors (Lipinski definition) is 3. The van der Waals surface area contributed by atoms with Crippen LogP contribution in [0.15, 0.2) is 29.3 Å². The molecule has 1 aliphatic rings. The minimum absolute atomic E-state index is 0.164. The number of rotatable bonds is 4. The maximum Gasteiger partial charge on any atom is 0.234 e. The number of nitrogens with one attached hydrogen (secondary N) is 1. The number of halogens is 1. The van der Waals surface area contributed by atoms with Crippen LogP contribution >= 0.6 is 11.8 Å². The first-order chi connectivity index (χ1) is 9.63. The third kappa shape index (κ3) is 3.39. The van der Waals surface area contributed by atoms with Gasteiger partial charge >= 0.3 is 0 Å². The first-order valence-electron chi connectivity index (χ1n) is 6.86. The summed E-state index contributed by atoms with van der Waals surface area (Å²) < 4.78 is 13.6. The van der Waals surface area contributed by atoms with Gasteiger partial charge in [-0.2, -0.15) is 0 Å². The van der Waals surface area contributed by atoms with E-state index < -0.39 is 5.82 Å². The average molecular weight is 294 g/mol. The molecule has 0 bridgehead atoms. The zero-order valence-corrected chi connectivity index (χ0v) is 12.5. The van der Waals surface area contributed by atoms with Crippen molar-refractivity contribution in [3.63, 3.8) is 0 Å². The lowest BCUT2D eigenvalue weighted by Gasteiger charge is -2.17. The molecule has 2 rings (SSSR count). The Hall–Kier alpha value is -1.36. The highest BCUT2D eigenvalue weighted by molar-refractivity contribution is 8.14. The molecule has 0 aromatic heterocycles. The molecule has 5 heteroatoms. The van der Waals surface area contributed by atoms with Gasteiger partial charge in [0, 0.05) is 6.54 Å². The van der Waals surface area contributed by atoms with Crippen molar-refractivity contribution in [1.29, 1.82) is 0 Å². The number of para-hydroxylation sites is 1. The molecule has 3 nitrogen and oxygen atoms in total. The molecule has 2 atom stereocenters. The fraction of sp³-hybridized carbons (Fsp3) is 0.467. The maximum atomic E-state index is 13.6. The van der Waals surface area contributed by atoms with Crippen molar-refractivity contribution in [2.75, 3.05) is 17.6 Å². The molecule has 1 heterocycles. The fourth-order valence-corrected chi connectivity index (χ4v) is 3.26. The monoisotopic (exact) mass is 294 g/mol. The van der Waals surface area contributed by atoms with Crippen LogP contribution in [0, 0.1) is 17.7 Å². The molecule has 1 amide bonds. The Labute approximate surface area is 123 Å². The number of anilines is 1. The van der Waals surface area contributed by atoms with Crippen molar-refractivity contribution >= 4 is 28.4 Å². The minimum atomic E-state index is -0.411. The van der Waals surface area contributed by atoms with Crippen LogP contribution in [0.5, 0.6) is 0 Å². The summed E-state index contributed by atoms with van der Waals surface area (Å²) in [7, 11) is 0. The van der Waals surface area contributed by atoms with E-state index in [2.05, 4.69) is 17.2 Å². The second-order valence-electron chi connectivity index (χ2n) is 4.95. The van der Waals surface area contributed by atoms with Gasteiger partial charge in [0.1, 0.15) is 5.82 Å². The van der Waals surface area contributed by atoms with Crippen LogP contribution in [-0.4, -0.2) is 23.2 Å². The third-order valence-corrected chi connectivity index (χ3v) is 4.53. The second kappa shape index (κ2) is 6.88. The largest absolute Gasteiger partial charge is 0.323 e. The molecule has 0 spiro atoms. The van der Waals surface area contributed by atoms with Crippen LogP contribution in [0.4, 0.5) is 10.1 Å². The maximum absolute atomic E-state index is 13.6. The highest BCUT2D eigenvalue weighted by Gasteiger charge is 2.34. The highest BCUT2D eigenvalue weighted by Crippen LogP contribution is 2.29. The van der Waals surface area contributed by atoms with E-state index in [9.17, 15) is 9.18 Å². The normalized spacial score (nSPS) is 21.6. The predicted octanol–water partition coefficient (Wildman–Crippen LogP) is 3.57. The van der Waals surface area contributed by atoms with Crippen LogP contribution in [0.25, 0.3) is 0 Å². The van der Waals surface area contributed by atoms with Gasteiger partial charge in [-0.05, 0) is 30.2 Å². The Morgan fingerprint density at radius 2 is 2.25 bits per heavy atom. The fourth-order valence-electron chi connectivity index (χ4n) is 2.17. The summed E-state index contributed by atoms with van der Waals surface area (Å²) in [5.74, 6) is 0.288. The summed E-state index contributed by atoms with van der Waals surface area (Å²) in [5, 5.41) is 3.56. The lowest BCUT2D eigenvalue weighted by molar-refractivity contribution is -0.118. The molecule has 108 valence electrons. The summed E-state index contributed by atoms with van der Waals surface area (Å²) >= 11 is 1.63. The number of thioether (sulfide) groups is 1. The van der Waals surface area contributed by atoms with Crippen molar-refractivity contribution in [2.24, 2.45) is 16.8 Å². The average Bonchev–Trinajstić information content (AvgIpc) is 2.80. The number of hydrogen-bond donors (Lipinski definition) is 1. The van der Waals surface area contributed by atoms with E-state index in [-0.39, 0.29) is 23.4 Å². The molecule has 0 saturated heterocycles. The quantitative estimate of drug-likeness (QED) is 0.922. The van der Waals surface area contributed by atoms with E-state index in [0.29, 0.717) is 6.54 Å². The van der Waals surface area contributed by atoms with Gasteiger partial charge < -0.3 is 5.32 Å². The summed E-state index contributed by atoms with van der Waals surface area (Å²) in [6.45, 7) is 4.77. The standard InChI is InChI=1S/C15H19FN2OS/c1-3-8-20-15-13(10(2)9-17-15)14(19)18-12-7-5-4-6-11(12)16/h4-7,10,13H,3,8-9H2,1-2H3,(H,18,19). The van der Waals surface area contributed by atoms with Crippen molar-refractivity contribution in [3.8, 4) is 0 Å². The Morgan fingerprint density at radius 1 is 1.50 bits per heavy atom. The van der Waals surface area contributed by atoms with Gasteiger partial charge in [-0.15, -0.1) is 11.8 Å². The van der Waals surface area contributed by atoms with Gasteiger partial charge in [-0.25, -0.2) is 4.39 Å². The molecule has 0 fully saturated rings. The Bertz CT molecular complexity index is 518. The van der Waals surface area contributed by atoms with Crippen LogP contribution in [0.3, 0.4) is 0 Å². The van der Waals surface area contributed by atoms with E-state index in [1.165, 1.54) is 6.07 Å². The third-order valence-electron chi connectivity index (χ3n) is 3.24. The van der Waals surface area contributed by atoms with E-state index in [1.54, 1.807) is 30.0 Å². The number of amides is 1. The summed E-state index contributed by atoms with van der Waals surface area (Å²) in [5.41, 5.74) is 0.233. The van der Waals surface area contributed by atoms with Gasteiger partial charge in [0.15, 0.2) is 0 Å². The van der Waals surface area contributed by atoms with Crippen LogP contribution in [-0.2, 0) is 4.79 Å². The van der Waals surface area contributed by atoms with Crippen LogP contribution < -0.4 is 5.32 Å². The van der Waals surface area contributed by atoms with E-state index in [1.807, 2.05) is 6.92 Å². The van der Waals surface area contributed by atoms with Crippen molar-refractivity contribution in [2.45, 2.75) is 20.3 Å². The van der Waals surface area contributed by atoms with E-state index >= 15 is 0 Å². The van der Waals surface area contributed by atoms with Gasteiger partial charge in [0.2, 0.25) is 5.91 Å². The lowest BCUT2D eigenvalue weighted by atomic mass is 9.97. The van der Waals surface area contributed by atoms with Crippen LogP contribution in [0.1, 0.15) is 20.3 Å². The van der Waals surface area contributed by atoms with Gasteiger partial charge in [0.05, 0.1) is 16.6 Å². The number of carbonyl (C=O) groups excluding carboxylic acids is 1. The zero-order valence-electron chi connectivity index (χ0n) is 11.7. The SMILES string of the molecule is CCCSC1=NCC(C)C1C(=O)Nc1ccccc1F. The Kier molecular flexibility index (Phi) is 5.17. The summed E-state index contributed by atoms with van der Waals surface area (Å²) in [6.07, 6.45) is 1.04. The van der Waals surface area contributed by atoms with E-state index in [4.69, 9.17) is 0 Å². The molecule has 0 radical (unpaired) electrons. The zero-order chi connectivity index (χ0) is 14.5. The van der Waals surface area contributed by atoms with Crippen molar-refractivity contribution in [1.82, 2.24) is 0 Å². The molecule has 1 aromatic rings. The lowest BCUT2D eigenvalue weighted by Crippen LogP contribution is -2.31. The molecule has 20 heavy (non-hydrogen) atoms. The first kappa shape index (κ1) is 15.0. The smallest absolute Gasteiger partial charge is 0.234 e. The van der Waals surface area contributed by atoms with Crippen LogP contribution in [0.2, 0.25) is 0 Å². The number of nitrogens with zero attached hydrogens (tertiary/aromatic N) is 1. The van der Waals surface area contributed by atoms with Gasteiger partial charge in [-0.3, -0.25) is 9.79 Å². The van der Waals surface area contributed by atoms with Gasteiger partial charge in [0.25, 0.3) is 0 Å². The van der Waals surface area contributed by atoms with Crippen molar-refractivity contribution < 1.29 is 9.18 Å². The highest BCUT2D eigenvalue weighted by atomic mass is 32.2. The number of benzene rings is 1. The molecular formula is C15H19FN2OS. The molecule has 1 aromatic carbocycles.